The monoisotopic (exact) mass is 203 g/mol. The van der Waals surface area contributed by atoms with Crippen molar-refractivity contribution in [3.63, 3.8) is 0 Å². The molecule has 2 nitrogen and oxygen atoms in total. The van der Waals surface area contributed by atoms with Gasteiger partial charge in [0.25, 0.3) is 0 Å². The number of aromatic nitrogens is 1. The molecule has 0 aliphatic heterocycles. The summed E-state index contributed by atoms with van der Waals surface area (Å²) in [5.74, 6) is 0. The number of rotatable bonds is 1. The number of H-pyrrole nitrogens is 1. The van der Waals surface area contributed by atoms with Crippen molar-refractivity contribution in [2.24, 2.45) is 0 Å². The number of aromatic amines is 1. The smallest absolute Gasteiger partial charge is 0.166 e. The quantitative estimate of drug-likeness (QED) is 0.710. The van der Waals surface area contributed by atoms with Gasteiger partial charge in [0.2, 0.25) is 0 Å². The molecule has 2 aromatic heterocycles. The molecular weight excluding hydrogens is 194 g/mol. The fourth-order valence-electron chi connectivity index (χ4n) is 2.03. The van der Waals surface area contributed by atoms with Crippen LogP contribution in [-0.4, -0.2) is 11.3 Å². The third kappa shape index (κ3) is 0.990. The predicted molar refractivity (Wildman–Crippen MR) is 56.9 cm³/mol. The molecule has 0 saturated heterocycles. The van der Waals surface area contributed by atoms with Crippen LogP contribution < -0.4 is 0 Å². The van der Waals surface area contributed by atoms with Crippen molar-refractivity contribution in [3.05, 3.63) is 33.6 Å². The molecule has 0 radical (unpaired) electrons. The molecule has 2 heterocycles. The summed E-state index contributed by atoms with van der Waals surface area (Å²) in [4.78, 5) is 15.2. The number of hydrogen-bond donors (Lipinski definition) is 1. The molecule has 0 bridgehead atoms. The van der Waals surface area contributed by atoms with Gasteiger partial charge in [-0.15, -0.1) is 11.3 Å². The van der Waals surface area contributed by atoms with Crippen molar-refractivity contribution >= 4 is 17.6 Å². The molecule has 3 rings (SSSR count). The number of nitrogens with one attached hydrogen (secondary N) is 1. The minimum absolute atomic E-state index is 0.689. The summed E-state index contributed by atoms with van der Waals surface area (Å²) in [6, 6.07) is 4.09. The molecule has 0 unspecified atom stereocenters. The first-order valence-corrected chi connectivity index (χ1v) is 5.50. The number of carbonyl (C=O) groups excluding carboxylic acids is 1. The van der Waals surface area contributed by atoms with E-state index in [0.717, 1.165) is 24.8 Å². The van der Waals surface area contributed by atoms with Crippen molar-refractivity contribution in [1.82, 2.24) is 4.98 Å². The van der Waals surface area contributed by atoms with E-state index in [4.69, 9.17) is 0 Å². The van der Waals surface area contributed by atoms with Crippen LogP contribution in [0.4, 0.5) is 0 Å². The Morgan fingerprint density at radius 3 is 3.21 bits per heavy atom. The Labute approximate surface area is 85.6 Å². The van der Waals surface area contributed by atoms with E-state index < -0.39 is 0 Å². The summed E-state index contributed by atoms with van der Waals surface area (Å²) in [6.45, 7) is 0. The molecule has 0 amide bonds. The number of aldehydes is 1. The maximum atomic E-state index is 10.6. The lowest BCUT2D eigenvalue weighted by Gasteiger charge is -2.10. The average Bonchev–Trinajstić information content (AvgIpc) is 2.82. The topological polar surface area (TPSA) is 32.9 Å². The molecule has 0 fully saturated rings. The van der Waals surface area contributed by atoms with E-state index in [1.54, 1.807) is 11.3 Å². The Morgan fingerprint density at radius 1 is 1.43 bits per heavy atom. The summed E-state index contributed by atoms with van der Waals surface area (Å²) in [7, 11) is 0. The van der Waals surface area contributed by atoms with Gasteiger partial charge >= 0.3 is 0 Å². The SMILES string of the molecule is O=Cc1cc2c([nH]1)-c1ccsc1CC2. The second kappa shape index (κ2) is 2.82. The highest BCUT2D eigenvalue weighted by molar-refractivity contribution is 7.10. The van der Waals surface area contributed by atoms with E-state index >= 15 is 0 Å². The number of fused-ring (bicyclic) bond motifs is 3. The number of hydrogen-bond acceptors (Lipinski definition) is 2. The van der Waals surface area contributed by atoms with Crippen LogP contribution in [0.1, 0.15) is 20.9 Å². The maximum absolute atomic E-state index is 10.6. The van der Waals surface area contributed by atoms with Gasteiger partial charge < -0.3 is 4.98 Å². The van der Waals surface area contributed by atoms with Gasteiger partial charge in [-0.25, -0.2) is 0 Å². The molecule has 0 saturated carbocycles. The van der Waals surface area contributed by atoms with Gasteiger partial charge in [0, 0.05) is 10.4 Å². The summed E-state index contributed by atoms with van der Waals surface area (Å²) in [5, 5.41) is 2.11. The molecule has 14 heavy (non-hydrogen) atoms. The Bertz CT molecular complexity index is 495. The van der Waals surface area contributed by atoms with Gasteiger partial charge in [-0.3, -0.25) is 4.79 Å². The van der Waals surface area contributed by atoms with E-state index in [9.17, 15) is 4.79 Å². The van der Waals surface area contributed by atoms with Gasteiger partial charge in [0.05, 0.1) is 11.4 Å². The van der Waals surface area contributed by atoms with Crippen molar-refractivity contribution in [2.45, 2.75) is 12.8 Å². The van der Waals surface area contributed by atoms with E-state index in [0.29, 0.717) is 5.69 Å². The number of thiophene rings is 1. The van der Waals surface area contributed by atoms with Crippen LogP contribution >= 0.6 is 11.3 Å². The largest absolute Gasteiger partial charge is 0.352 e. The van der Waals surface area contributed by atoms with Gasteiger partial charge in [-0.1, -0.05) is 0 Å². The van der Waals surface area contributed by atoms with Crippen LogP contribution in [0.3, 0.4) is 0 Å². The highest BCUT2D eigenvalue weighted by atomic mass is 32.1. The first-order valence-electron chi connectivity index (χ1n) is 4.62. The number of carbonyl (C=O) groups is 1. The van der Waals surface area contributed by atoms with Crippen LogP contribution in [0.5, 0.6) is 0 Å². The zero-order valence-electron chi connectivity index (χ0n) is 7.54. The van der Waals surface area contributed by atoms with E-state index in [1.807, 2.05) is 6.07 Å². The Morgan fingerprint density at radius 2 is 2.36 bits per heavy atom. The van der Waals surface area contributed by atoms with Gasteiger partial charge in [0.15, 0.2) is 6.29 Å². The van der Waals surface area contributed by atoms with Crippen molar-refractivity contribution < 1.29 is 4.79 Å². The van der Waals surface area contributed by atoms with Crippen molar-refractivity contribution in [1.29, 1.82) is 0 Å². The summed E-state index contributed by atoms with van der Waals surface area (Å²) < 4.78 is 0. The highest BCUT2D eigenvalue weighted by Gasteiger charge is 2.19. The van der Waals surface area contributed by atoms with Gasteiger partial charge in [-0.05, 0) is 35.9 Å². The average molecular weight is 203 g/mol. The zero-order valence-corrected chi connectivity index (χ0v) is 8.36. The lowest BCUT2D eigenvalue weighted by Crippen LogP contribution is -1.98. The molecular formula is C11H9NOS. The number of aryl methyl sites for hydroxylation is 2. The fraction of sp³-hybridized carbons (Fsp3) is 0.182. The highest BCUT2D eigenvalue weighted by Crippen LogP contribution is 2.36. The molecule has 2 aromatic rings. The van der Waals surface area contributed by atoms with Crippen LogP contribution in [0.25, 0.3) is 11.3 Å². The third-order valence-corrected chi connectivity index (χ3v) is 3.66. The lowest BCUT2D eigenvalue weighted by molar-refractivity contribution is 0.111. The first kappa shape index (κ1) is 8.00. The zero-order chi connectivity index (χ0) is 9.54. The van der Waals surface area contributed by atoms with E-state index in [2.05, 4.69) is 16.4 Å². The summed E-state index contributed by atoms with van der Waals surface area (Å²) in [5.41, 5.74) is 4.39. The second-order valence-electron chi connectivity index (χ2n) is 3.50. The van der Waals surface area contributed by atoms with Crippen LogP contribution in [0.15, 0.2) is 17.5 Å². The minimum Gasteiger partial charge on any atom is -0.352 e. The Balaban J connectivity index is 2.24. The van der Waals surface area contributed by atoms with Crippen molar-refractivity contribution in [2.75, 3.05) is 0 Å². The summed E-state index contributed by atoms with van der Waals surface area (Å²) >= 11 is 1.80. The molecule has 70 valence electrons. The molecule has 3 heteroatoms. The standard InChI is InChI=1S/C11H9NOS/c13-6-8-5-7-1-2-10-9(3-4-14-10)11(7)12-8/h3-6,12H,1-2H2. The van der Waals surface area contributed by atoms with Gasteiger partial charge in [0.1, 0.15) is 0 Å². The van der Waals surface area contributed by atoms with E-state index in [-0.39, 0.29) is 0 Å². The molecule has 0 aromatic carbocycles. The van der Waals surface area contributed by atoms with Gasteiger partial charge in [-0.2, -0.15) is 0 Å². The molecule has 0 atom stereocenters. The normalized spacial score (nSPS) is 13.4. The molecule has 1 aliphatic carbocycles. The van der Waals surface area contributed by atoms with Crippen LogP contribution in [0.2, 0.25) is 0 Å². The molecule has 1 N–H and O–H groups in total. The van der Waals surface area contributed by atoms with Crippen LogP contribution in [0, 0.1) is 0 Å². The predicted octanol–water partition coefficient (Wildman–Crippen LogP) is 2.65. The summed E-state index contributed by atoms with van der Waals surface area (Å²) in [6.07, 6.45) is 3.04. The molecule has 1 aliphatic rings. The fourth-order valence-corrected chi connectivity index (χ4v) is 2.91. The maximum Gasteiger partial charge on any atom is 0.166 e. The van der Waals surface area contributed by atoms with Crippen molar-refractivity contribution in [3.8, 4) is 11.3 Å². The Hall–Kier alpha value is -1.35. The molecule has 0 spiro atoms. The second-order valence-corrected chi connectivity index (χ2v) is 4.50. The van der Waals surface area contributed by atoms with E-state index in [1.165, 1.54) is 16.0 Å². The van der Waals surface area contributed by atoms with Crippen LogP contribution in [-0.2, 0) is 12.8 Å². The minimum atomic E-state index is 0.689. The lowest BCUT2D eigenvalue weighted by atomic mass is 9.97. The Kier molecular flexibility index (Phi) is 1.61. The first-order chi connectivity index (χ1) is 6.88. The third-order valence-electron chi connectivity index (χ3n) is 2.68.